The fraction of sp³-hybridized carbons (Fsp3) is 0.409. The summed E-state index contributed by atoms with van der Waals surface area (Å²) in [5.41, 5.74) is 5.61. The van der Waals surface area contributed by atoms with Crippen LogP contribution in [0.4, 0.5) is 0 Å². The van der Waals surface area contributed by atoms with Crippen LogP contribution in [0.1, 0.15) is 24.2 Å². The lowest BCUT2D eigenvalue weighted by molar-refractivity contribution is 0.0962. The number of hydrogen-bond acceptors (Lipinski definition) is 5. The molecule has 1 aliphatic rings. The number of hydrogen-bond donors (Lipinski definition) is 0. The molecule has 1 saturated heterocycles. The third kappa shape index (κ3) is 3.42. The molecule has 4 rings (SSSR count). The van der Waals surface area contributed by atoms with E-state index < -0.39 is 0 Å². The predicted octanol–water partition coefficient (Wildman–Crippen LogP) is 5.09. The number of thiazole rings is 1. The third-order valence-electron chi connectivity index (χ3n) is 5.40. The fourth-order valence-electron chi connectivity index (χ4n) is 3.91. The maximum Gasteiger partial charge on any atom is 0.170 e. The summed E-state index contributed by atoms with van der Waals surface area (Å²) in [7, 11) is 3.31. The second-order valence-corrected chi connectivity index (χ2v) is 7.97. The van der Waals surface area contributed by atoms with E-state index in [-0.39, 0.29) is 0 Å². The van der Waals surface area contributed by atoms with Crippen molar-refractivity contribution in [2.75, 3.05) is 20.8 Å². The Bertz CT molecular complexity index is 970. The van der Waals surface area contributed by atoms with Gasteiger partial charge in [0.2, 0.25) is 0 Å². The van der Waals surface area contributed by atoms with Crippen molar-refractivity contribution in [1.29, 1.82) is 0 Å². The zero-order chi connectivity index (χ0) is 19.7. The predicted molar refractivity (Wildman–Crippen MR) is 113 cm³/mol. The topological polar surface area (TPSA) is 45.5 Å². The first-order chi connectivity index (χ1) is 13.6. The van der Waals surface area contributed by atoms with Crippen LogP contribution < -0.4 is 9.47 Å². The van der Waals surface area contributed by atoms with Crippen LogP contribution in [-0.4, -0.2) is 36.5 Å². The Morgan fingerprint density at radius 1 is 1.21 bits per heavy atom. The number of benzene rings is 1. The lowest BCUT2D eigenvalue weighted by Crippen LogP contribution is -2.16. The molecule has 0 bridgehead atoms. The van der Waals surface area contributed by atoms with Crippen molar-refractivity contribution in [3.05, 3.63) is 41.0 Å². The molecular formula is C22H26N2O3S. The van der Waals surface area contributed by atoms with Gasteiger partial charge in [-0.1, -0.05) is 6.07 Å². The zero-order valence-corrected chi connectivity index (χ0v) is 17.6. The van der Waals surface area contributed by atoms with Gasteiger partial charge in [-0.3, -0.25) is 0 Å². The normalized spacial score (nSPS) is 16.5. The van der Waals surface area contributed by atoms with Crippen LogP contribution in [0, 0.1) is 13.8 Å². The summed E-state index contributed by atoms with van der Waals surface area (Å²) in [6.45, 7) is 6.12. The van der Waals surface area contributed by atoms with Crippen LogP contribution in [0.5, 0.6) is 11.5 Å². The zero-order valence-electron chi connectivity index (χ0n) is 16.8. The summed E-state index contributed by atoms with van der Waals surface area (Å²) in [6.07, 6.45) is 2.63. The van der Waals surface area contributed by atoms with Gasteiger partial charge in [0.1, 0.15) is 5.01 Å². The van der Waals surface area contributed by atoms with Gasteiger partial charge in [-0.05, 0) is 44.9 Å². The average Bonchev–Trinajstić information content (AvgIpc) is 3.45. The van der Waals surface area contributed by atoms with Crippen molar-refractivity contribution in [3.63, 3.8) is 0 Å². The molecule has 2 aromatic heterocycles. The number of ether oxygens (including phenoxy) is 3. The van der Waals surface area contributed by atoms with Crippen LogP contribution in [-0.2, 0) is 11.3 Å². The van der Waals surface area contributed by atoms with Crippen molar-refractivity contribution >= 4 is 11.3 Å². The van der Waals surface area contributed by atoms with E-state index in [2.05, 4.69) is 29.9 Å². The Kier molecular flexibility index (Phi) is 5.42. The van der Waals surface area contributed by atoms with E-state index in [1.807, 2.05) is 18.2 Å². The van der Waals surface area contributed by atoms with E-state index in [4.69, 9.17) is 19.2 Å². The van der Waals surface area contributed by atoms with Crippen molar-refractivity contribution in [3.8, 4) is 33.3 Å². The van der Waals surface area contributed by atoms with Gasteiger partial charge in [-0.25, -0.2) is 4.98 Å². The van der Waals surface area contributed by atoms with E-state index in [0.717, 1.165) is 48.0 Å². The summed E-state index contributed by atoms with van der Waals surface area (Å²) < 4.78 is 19.2. The van der Waals surface area contributed by atoms with Crippen molar-refractivity contribution < 1.29 is 14.2 Å². The lowest BCUT2D eigenvalue weighted by atomic mass is 10.1. The highest BCUT2D eigenvalue weighted by atomic mass is 32.1. The third-order valence-corrected chi connectivity index (χ3v) is 6.27. The Morgan fingerprint density at radius 2 is 2.07 bits per heavy atom. The van der Waals surface area contributed by atoms with Crippen molar-refractivity contribution in [2.24, 2.45) is 0 Å². The van der Waals surface area contributed by atoms with Gasteiger partial charge in [0.05, 0.1) is 31.6 Å². The Labute approximate surface area is 169 Å². The quantitative estimate of drug-likeness (QED) is 0.580. The molecule has 148 valence electrons. The minimum Gasteiger partial charge on any atom is -0.493 e. The van der Waals surface area contributed by atoms with Gasteiger partial charge >= 0.3 is 0 Å². The average molecular weight is 399 g/mol. The summed E-state index contributed by atoms with van der Waals surface area (Å²) in [5.74, 6) is 1.43. The van der Waals surface area contributed by atoms with Crippen LogP contribution in [0.3, 0.4) is 0 Å². The van der Waals surface area contributed by atoms with Gasteiger partial charge in [0, 0.05) is 35.5 Å². The Balaban J connectivity index is 1.67. The molecule has 1 atom stereocenters. The van der Waals surface area contributed by atoms with E-state index in [1.165, 1.54) is 17.0 Å². The maximum absolute atomic E-state index is 5.83. The van der Waals surface area contributed by atoms with Crippen molar-refractivity contribution in [2.45, 2.75) is 39.3 Å². The van der Waals surface area contributed by atoms with Crippen LogP contribution in [0.15, 0.2) is 29.6 Å². The van der Waals surface area contributed by atoms with Gasteiger partial charge in [-0.15, -0.1) is 11.3 Å². The first-order valence-corrected chi connectivity index (χ1v) is 10.5. The molecule has 3 aromatic rings. The molecule has 0 spiro atoms. The highest BCUT2D eigenvalue weighted by molar-refractivity contribution is 7.13. The van der Waals surface area contributed by atoms with Gasteiger partial charge in [0.25, 0.3) is 0 Å². The van der Waals surface area contributed by atoms with E-state index >= 15 is 0 Å². The monoisotopic (exact) mass is 398 g/mol. The largest absolute Gasteiger partial charge is 0.493 e. The van der Waals surface area contributed by atoms with Crippen LogP contribution in [0.2, 0.25) is 0 Å². The minimum absolute atomic E-state index is 0.324. The van der Waals surface area contributed by atoms with E-state index in [1.54, 1.807) is 25.6 Å². The summed E-state index contributed by atoms with van der Waals surface area (Å²) in [5, 5.41) is 3.04. The summed E-state index contributed by atoms with van der Waals surface area (Å²) in [6, 6.07) is 8.11. The number of para-hydroxylation sites is 1. The fourth-order valence-corrected chi connectivity index (χ4v) is 4.75. The number of rotatable bonds is 6. The second kappa shape index (κ2) is 7.97. The molecule has 0 radical (unpaired) electrons. The number of methoxy groups -OCH3 is 2. The number of aromatic nitrogens is 2. The van der Waals surface area contributed by atoms with Crippen LogP contribution in [0.25, 0.3) is 21.8 Å². The molecule has 1 aromatic carbocycles. The Hall–Kier alpha value is -2.31. The Morgan fingerprint density at radius 3 is 2.79 bits per heavy atom. The lowest BCUT2D eigenvalue weighted by Gasteiger charge is -2.14. The molecule has 28 heavy (non-hydrogen) atoms. The molecule has 0 N–H and O–H groups in total. The molecule has 0 unspecified atom stereocenters. The molecule has 6 heteroatoms. The SMILES string of the molecule is COc1cccc(-c2nc(-c3cc(C)n(C[C@@H]4CCCO4)c3C)cs2)c1OC. The molecule has 0 aliphatic carbocycles. The molecule has 0 saturated carbocycles. The summed E-state index contributed by atoms with van der Waals surface area (Å²) >= 11 is 1.62. The van der Waals surface area contributed by atoms with Crippen LogP contribution >= 0.6 is 11.3 Å². The van der Waals surface area contributed by atoms with E-state index in [0.29, 0.717) is 11.9 Å². The molecule has 1 aliphatic heterocycles. The van der Waals surface area contributed by atoms with Gasteiger partial charge < -0.3 is 18.8 Å². The smallest absolute Gasteiger partial charge is 0.170 e. The standard InChI is InChI=1S/C22H26N2O3S/c1-14-11-18(15(2)24(14)12-16-7-6-10-27-16)19-13-28-22(23-19)17-8-5-9-20(25-3)21(17)26-4/h5,8-9,11,13,16H,6-7,10,12H2,1-4H3/t16-/m0/s1. The number of nitrogens with zero attached hydrogens (tertiary/aromatic N) is 2. The number of aryl methyl sites for hydroxylation is 1. The van der Waals surface area contributed by atoms with Gasteiger partial charge in [-0.2, -0.15) is 0 Å². The van der Waals surface area contributed by atoms with Gasteiger partial charge in [0.15, 0.2) is 11.5 Å². The molecule has 0 amide bonds. The first-order valence-electron chi connectivity index (χ1n) is 9.58. The minimum atomic E-state index is 0.324. The maximum atomic E-state index is 5.83. The highest BCUT2D eigenvalue weighted by Crippen LogP contribution is 2.40. The molecule has 5 nitrogen and oxygen atoms in total. The highest BCUT2D eigenvalue weighted by Gasteiger charge is 2.21. The molecular weight excluding hydrogens is 372 g/mol. The first kappa shape index (κ1) is 19.0. The molecule has 1 fully saturated rings. The second-order valence-electron chi connectivity index (χ2n) is 7.11. The molecule has 3 heterocycles. The van der Waals surface area contributed by atoms with Crippen molar-refractivity contribution in [1.82, 2.24) is 9.55 Å². The van der Waals surface area contributed by atoms with E-state index in [9.17, 15) is 0 Å². The summed E-state index contributed by atoms with van der Waals surface area (Å²) in [4.78, 5) is 4.92.